The van der Waals surface area contributed by atoms with Crippen LogP contribution in [0.4, 0.5) is 0 Å². The number of furan rings is 1. The Labute approximate surface area is 143 Å². The van der Waals surface area contributed by atoms with Crippen molar-refractivity contribution in [1.82, 2.24) is 5.32 Å². The van der Waals surface area contributed by atoms with Crippen molar-refractivity contribution >= 4 is 0 Å². The molecule has 0 amide bonds. The van der Waals surface area contributed by atoms with E-state index in [4.69, 9.17) is 4.42 Å². The third-order valence-corrected chi connectivity index (χ3v) is 4.09. The van der Waals surface area contributed by atoms with Crippen LogP contribution in [-0.4, -0.2) is 5.11 Å². The van der Waals surface area contributed by atoms with Crippen molar-refractivity contribution in [3.8, 4) is 11.3 Å². The Bertz CT molecular complexity index is 770. The molecule has 3 rings (SSSR count). The van der Waals surface area contributed by atoms with Crippen LogP contribution in [0.5, 0.6) is 0 Å². The number of aliphatic hydroxyl groups is 1. The van der Waals surface area contributed by atoms with Crippen molar-refractivity contribution in [2.24, 2.45) is 0 Å². The molecular weight excluding hydrogens is 298 g/mol. The first-order chi connectivity index (χ1) is 11.6. The van der Waals surface area contributed by atoms with Crippen LogP contribution in [0.1, 0.15) is 35.5 Å². The lowest BCUT2D eigenvalue weighted by molar-refractivity contribution is 0.199. The minimum atomic E-state index is -0.447. The molecule has 124 valence electrons. The molecule has 3 aromatic rings. The van der Waals surface area contributed by atoms with Crippen LogP contribution in [0.3, 0.4) is 0 Å². The molecule has 3 nitrogen and oxygen atoms in total. The maximum atomic E-state index is 9.56. The first-order valence-corrected chi connectivity index (χ1v) is 8.25. The summed E-state index contributed by atoms with van der Waals surface area (Å²) in [6.07, 6.45) is -0.447. The minimum Gasteiger partial charge on any atom is -0.460 e. The third kappa shape index (κ3) is 4.13. The molecule has 3 heteroatoms. The highest BCUT2D eigenvalue weighted by molar-refractivity contribution is 5.58. The first kappa shape index (κ1) is 16.5. The van der Waals surface area contributed by atoms with Gasteiger partial charge in [-0.25, -0.2) is 0 Å². The molecule has 0 spiro atoms. The van der Waals surface area contributed by atoms with E-state index in [0.717, 1.165) is 29.2 Å². The van der Waals surface area contributed by atoms with Crippen LogP contribution in [0.2, 0.25) is 0 Å². The van der Waals surface area contributed by atoms with E-state index in [1.54, 1.807) is 6.92 Å². The van der Waals surface area contributed by atoms with Crippen LogP contribution in [-0.2, 0) is 13.1 Å². The molecule has 0 bridgehead atoms. The quantitative estimate of drug-likeness (QED) is 0.697. The SMILES string of the molecule is Cc1ccc(CNCc2ccc(-c3ccc([C@@H](C)O)cc3)o2)cc1. The molecule has 2 N–H and O–H groups in total. The van der Waals surface area contributed by atoms with E-state index in [2.05, 4.69) is 36.5 Å². The van der Waals surface area contributed by atoms with E-state index >= 15 is 0 Å². The lowest BCUT2D eigenvalue weighted by Crippen LogP contribution is -2.11. The van der Waals surface area contributed by atoms with Gasteiger partial charge in [-0.3, -0.25) is 0 Å². The van der Waals surface area contributed by atoms with Gasteiger partial charge in [0.1, 0.15) is 11.5 Å². The summed E-state index contributed by atoms with van der Waals surface area (Å²) in [7, 11) is 0. The lowest BCUT2D eigenvalue weighted by atomic mass is 10.1. The van der Waals surface area contributed by atoms with Gasteiger partial charge < -0.3 is 14.8 Å². The van der Waals surface area contributed by atoms with Gasteiger partial charge in [0, 0.05) is 12.1 Å². The monoisotopic (exact) mass is 321 g/mol. The molecule has 0 unspecified atom stereocenters. The second kappa shape index (κ2) is 7.47. The molecule has 0 saturated heterocycles. The molecule has 24 heavy (non-hydrogen) atoms. The second-order valence-corrected chi connectivity index (χ2v) is 6.15. The van der Waals surface area contributed by atoms with Gasteiger partial charge in [0.25, 0.3) is 0 Å². The highest BCUT2D eigenvalue weighted by Crippen LogP contribution is 2.24. The fourth-order valence-electron chi connectivity index (χ4n) is 2.59. The zero-order valence-electron chi connectivity index (χ0n) is 14.1. The van der Waals surface area contributed by atoms with Crippen molar-refractivity contribution in [2.75, 3.05) is 0 Å². The van der Waals surface area contributed by atoms with Gasteiger partial charge in [-0.1, -0.05) is 54.1 Å². The van der Waals surface area contributed by atoms with E-state index in [-0.39, 0.29) is 0 Å². The predicted molar refractivity (Wildman–Crippen MR) is 96.5 cm³/mol. The van der Waals surface area contributed by atoms with Crippen LogP contribution in [0, 0.1) is 6.92 Å². The summed E-state index contributed by atoms with van der Waals surface area (Å²) >= 11 is 0. The number of aliphatic hydroxyl groups excluding tert-OH is 1. The van der Waals surface area contributed by atoms with Crippen molar-refractivity contribution in [2.45, 2.75) is 33.0 Å². The minimum absolute atomic E-state index is 0.447. The smallest absolute Gasteiger partial charge is 0.134 e. The average molecular weight is 321 g/mol. The molecule has 2 aromatic carbocycles. The van der Waals surface area contributed by atoms with E-state index in [1.807, 2.05) is 36.4 Å². The Hall–Kier alpha value is -2.36. The zero-order chi connectivity index (χ0) is 16.9. The maximum Gasteiger partial charge on any atom is 0.134 e. The summed E-state index contributed by atoms with van der Waals surface area (Å²) < 4.78 is 5.90. The number of aryl methyl sites for hydroxylation is 1. The van der Waals surface area contributed by atoms with E-state index < -0.39 is 6.10 Å². The van der Waals surface area contributed by atoms with Crippen molar-refractivity contribution in [3.63, 3.8) is 0 Å². The highest BCUT2D eigenvalue weighted by Gasteiger charge is 2.06. The summed E-state index contributed by atoms with van der Waals surface area (Å²) in [6, 6.07) is 20.3. The van der Waals surface area contributed by atoms with Gasteiger partial charge in [0.05, 0.1) is 12.6 Å². The largest absolute Gasteiger partial charge is 0.460 e. The Balaban J connectivity index is 1.58. The van der Waals surface area contributed by atoms with Crippen LogP contribution in [0.25, 0.3) is 11.3 Å². The topological polar surface area (TPSA) is 45.4 Å². The summed E-state index contributed by atoms with van der Waals surface area (Å²) in [4.78, 5) is 0. The molecule has 1 aromatic heterocycles. The molecule has 0 aliphatic rings. The fraction of sp³-hybridized carbons (Fsp3) is 0.238. The third-order valence-electron chi connectivity index (χ3n) is 4.09. The Morgan fingerprint density at radius 1 is 0.917 bits per heavy atom. The van der Waals surface area contributed by atoms with E-state index in [9.17, 15) is 5.11 Å². The molecule has 0 saturated carbocycles. The van der Waals surface area contributed by atoms with Crippen molar-refractivity contribution in [3.05, 3.63) is 83.1 Å². The number of benzene rings is 2. The van der Waals surface area contributed by atoms with Crippen LogP contribution in [0.15, 0.2) is 65.1 Å². The fourth-order valence-corrected chi connectivity index (χ4v) is 2.59. The van der Waals surface area contributed by atoms with Gasteiger partial charge in [0.15, 0.2) is 0 Å². The van der Waals surface area contributed by atoms with Crippen molar-refractivity contribution < 1.29 is 9.52 Å². The second-order valence-electron chi connectivity index (χ2n) is 6.15. The molecule has 0 aliphatic carbocycles. The summed E-state index contributed by atoms with van der Waals surface area (Å²) in [5.74, 6) is 1.76. The van der Waals surface area contributed by atoms with Crippen LogP contribution >= 0.6 is 0 Å². The van der Waals surface area contributed by atoms with E-state index in [1.165, 1.54) is 11.1 Å². The summed E-state index contributed by atoms with van der Waals surface area (Å²) in [6.45, 7) is 5.37. The van der Waals surface area contributed by atoms with E-state index in [0.29, 0.717) is 6.54 Å². The van der Waals surface area contributed by atoms with Gasteiger partial charge in [0.2, 0.25) is 0 Å². The zero-order valence-corrected chi connectivity index (χ0v) is 14.1. The van der Waals surface area contributed by atoms with Crippen molar-refractivity contribution in [1.29, 1.82) is 0 Å². The Morgan fingerprint density at radius 2 is 1.62 bits per heavy atom. The Kier molecular flexibility index (Phi) is 5.14. The van der Waals surface area contributed by atoms with Gasteiger partial charge >= 0.3 is 0 Å². The first-order valence-electron chi connectivity index (χ1n) is 8.25. The average Bonchev–Trinajstić information content (AvgIpc) is 3.06. The van der Waals surface area contributed by atoms with Gasteiger partial charge in [-0.15, -0.1) is 0 Å². The van der Waals surface area contributed by atoms with Crippen LogP contribution < -0.4 is 5.32 Å². The molecule has 0 radical (unpaired) electrons. The van der Waals surface area contributed by atoms with Gasteiger partial charge in [-0.05, 0) is 37.1 Å². The number of hydrogen-bond donors (Lipinski definition) is 2. The lowest BCUT2D eigenvalue weighted by Gasteiger charge is -2.05. The normalized spacial score (nSPS) is 12.3. The molecule has 0 aliphatic heterocycles. The molecule has 1 heterocycles. The predicted octanol–water partition coefficient (Wildman–Crippen LogP) is 4.60. The number of nitrogens with one attached hydrogen (secondary N) is 1. The number of rotatable bonds is 6. The maximum absolute atomic E-state index is 9.56. The summed E-state index contributed by atoms with van der Waals surface area (Å²) in [5, 5.41) is 13.0. The molecule has 0 fully saturated rings. The molecular formula is C21H23NO2. The highest BCUT2D eigenvalue weighted by atomic mass is 16.3. The molecule has 1 atom stereocenters. The Morgan fingerprint density at radius 3 is 2.29 bits per heavy atom. The van der Waals surface area contributed by atoms with Gasteiger partial charge in [-0.2, -0.15) is 0 Å². The standard InChI is InChI=1S/C21H23NO2/c1-15-3-5-17(6-4-15)13-22-14-20-11-12-21(24-20)19-9-7-18(8-10-19)16(2)23/h3-12,16,22-23H,13-14H2,1-2H3/t16-/m1/s1. The summed E-state index contributed by atoms with van der Waals surface area (Å²) in [5.41, 5.74) is 4.46. The number of hydrogen-bond acceptors (Lipinski definition) is 3.